The van der Waals surface area contributed by atoms with Crippen LogP contribution in [0.25, 0.3) is 0 Å². The van der Waals surface area contributed by atoms with Gasteiger partial charge in [-0.3, -0.25) is 9.79 Å². The molecule has 0 saturated carbocycles. The molecule has 0 aliphatic carbocycles. The van der Waals surface area contributed by atoms with E-state index >= 15 is 0 Å². The molecule has 1 aliphatic rings. The molecule has 0 bridgehead atoms. The summed E-state index contributed by atoms with van der Waals surface area (Å²) in [5.41, 5.74) is 2.75. The fraction of sp³-hybridized carbons (Fsp3) is 0.440. The van der Waals surface area contributed by atoms with E-state index in [1.54, 1.807) is 51.2 Å². The molecular formula is C25H34N4O4S. The minimum Gasteiger partial charge on any atom is -0.497 e. The first-order valence-corrected chi connectivity index (χ1v) is 12.9. The second-order valence-electron chi connectivity index (χ2n) is 8.52. The molecule has 9 heteroatoms. The number of amides is 1. The number of aryl methyl sites for hydroxylation is 1. The van der Waals surface area contributed by atoms with Crippen molar-refractivity contribution in [3.05, 3.63) is 59.2 Å². The second-order valence-corrected chi connectivity index (χ2v) is 10.5. The maximum Gasteiger partial charge on any atom is 0.243 e. The molecule has 1 heterocycles. The van der Waals surface area contributed by atoms with Gasteiger partial charge in [0.25, 0.3) is 0 Å². The number of rotatable bonds is 11. The number of amidine groups is 1. The zero-order chi connectivity index (χ0) is 24.7. The lowest BCUT2D eigenvalue weighted by molar-refractivity contribution is -0.130. The van der Waals surface area contributed by atoms with E-state index < -0.39 is 10.0 Å². The number of methoxy groups -OCH3 is 1. The molecule has 34 heavy (non-hydrogen) atoms. The maximum atomic E-state index is 12.9. The summed E-state index contributed by atoms with van der Waals surface area (Å²) in [6, 6.07) is 13.0. The molecule has 0 atom stereocenters. The Bertz CT molecular complexity index is 1130. The van der Waals surface area contributed by atoms with Gasteiger partial charge in [0.15, 0.2) is 0 Å². The number of benzene rings is 2. The van der Waals surface area contributed by atoms with E-state index in [-0.39, 0.29) is 10.8 Å². The monoisotopic (exact) mass is 486 g/mol. The molecule has 0 spiro atoms. The van der Waals surface area contributed by atoms with Crippen molar-refractivity contribution in [1.82, 2.24) is 14.5 Å². The molecule has 8 nitrogen and oxygen atoms in total. The maximum absolute atomic E-state index is 12.9. The average molecular weight is 487 g/mol. The van der Waals surface area contributed by atoms with Crippen LogP contribution in [0, 0.1) is 6.92 Å². The summed E-state index contributed by atoms with van der Waals surface area (Å²) in [7, 11) is 1.32. The van der Waals surface area contributed by atoms with Gasteiger partial charge in [-0.25, -0.2) is 12.7 Å². The van der Waals surface area contributed by atoms with Crippen LogP contribution in [0.15, 0.2) is 52.4 Å². The van der Waals surface area contributed by atoms with Crippen LogP contribution in [-0.4, -0.2) is 70.2 Å². The minimum atomic E-state index is -3.59. The summed E-state index contributed by atoms with van der Waals surface area (Å²) < 4.78 is 32.3. The lowest BCUT2D eigenvalue weighted by atomic mass is 10.1. The highest BCUT2D eigenvalue weighted by atomic mass is 32.2. The molecule has 2 aromatic carbocycles. The lowest BCUT2D eigenvalue weighted by Gasteiger charge is -2.20. The molecule has 1 amide bonds. The van der Waals surface area contributed by atoms with Crippen molar-refractivity contribution in [2.45, 2.75) is 37.6 Å². The number of carbonyl (C=O) groups is 1. The lowest BCUT2D eigenvalue weighted by Crippen LogP contribution is -2.29. The highest BCUT2D eigenvalue weighted by molar-refractivity contribution is 7.89. The number of hydrogen-bond acceptors (Lipinski definition) is 6. The third kappa shape index (κ3) is 6.36. The van der Waals surface area contributed by atoms with E-state index in [1.165, 1.54) is 4.31 Å². The highest BCUT2D eigenvalue weighted by Gasteiger charge is 2.23. The second kappa shape index (κ2) is 11.5. The van der Waals surface area contributed by atoms with Crippen molar-refractivity contribution in [2.75, 3.05) is 40.8 Å². The van der Waals surface area contributed by atoms with Gasteiger partial charge in [-0.05, 0) is 49.1 Å². The molecule has 0 unspecified atom stereocenters. The Labute approximate surface area is 202 Å². The van der Waals surface area contributed by atoms with Gasteiger partial charge >= 0.3 is 0 Å². The predicted molar refractivity (Wildman–Crippen MR) is 134 cm³/mol. The quantitative estimate of drug-likeness (QED) is 0.493. The van der Waals surface area contributed by atoms with Crippen LogP contribution in [0.3, 0.4) is 0 Å². The molecule has 0 fully saturated rings. The van der Waals surface area contributed by atoms with E-state index in [0.717, 1.165) is 30.1 Å². The first-order chi connectivity index (χ1) is 16.2. The van der Waals surface area contributed by atoms with Gasteiger partial charge in [0.2, 0.25) is 15.9 Å². The third-order valence-corrected chi connectivity index (χ3v) is 7.95. The SMILES string of the molecule is COc1ccc(S(=O)(=O)N(C)CCCCC(=O)N(C)Cc2ccc(C3=NCCN3)cc2)c(C)c1. The highest BCUT2D eigenvalue weighted by Crippen LogP contribution is 2.23. The number of nitrogens with zero attached hydrogens (tertiary/aromatic N) is 3. The normalized spacial score (nSPS) is 13.5. The average Bonchev–Trinajstić information content (AvgIpc) is 3.36. The predicted octanol–water partition coefficient (Wildman–Crippen LogP) is 2.80. The Hall–Kier alpha value is -2.91. The van der Waals surface area contributed by atoms with Crippen LogP contribution in [0.4, 0.5) is 0 Å². The third-order valence-electron chi connectivity index (χ3n) is 5.93. The van der Waals surface area contributed by atoms with E-state index in [2.05, 4.69) is 10.3 Å². The number of aliphatic imine (C=N–C) groups is 1. The van der Waals surface area contributed by atoms with Crippen molar-refractivity contribution in [3.63, 3.8) is 0 Å². The summed E-state index contributed by atoms with van der Waals surface area (Å²) in [6.07, 6.45) is 1.61. The molecule has 0 radical (unpaired) electrons. The van der Waals surface area contributed by atoms with Crippen LogP contribution >= 0.6 is 0 Å². The van der Waals surface area contributed by atoms with Crippen molar-refractivity contribution >= 4 is 21.8 Å². The van der Waals surface area contributed by atoms with Crippen LogP contribution < -0.4 is 10.1 Å². The van der Waals surface area contributed by atoms with Crippen LogP contribution in [0.2, 0.25) is 0 Å². The van der Waals surface area contributed by atoms with Crippen LogP contribution in [0.5, 0.6) is 5.75 Å². The number of nitrogens with one attached hydrogen (secondary N) is 1. The summed E-state index contributed by atoms with van der Waals surface area (Å²) in [5, 5.41) is 3.25. The zero-order valence-electron chi connectivity index (χ0n) is 20.4. The topological polar surface area (TPSA) is 91.3 Å². The zero-order valence-corrected chi connectivity index (χ0v) is 21.2. The summed E-state index contributed by atoms with van der Waals surface area (Å²) in [5.74, 6) is 1.59. The molecule has 1 aliphatic heterocycles. The number of unbranched alkanes of at least 4 members (excludes halogenated alkanes) is 1. The molecule has 0 aromatic heterocycles. The molecule has 3 rings (SSSR count). The van der Waals surface area contributed by atoms with Crippen LogP contribution in [-0.2, 0) is 21.4 Å². The molecule has 2 aromatic rings. The van der Waals surface area contributed by atoms with E-state index in [4.69, 9.17) is 4.74 Å². The van der Waals surface area contributed by atoms with Gasteiger partial charge in [0.1, 0.15) is 11.6 Å². The Morgan fingerprint density at radius 2 is 1.85 bits per heavy atom. The van der Waals surface area contributed by atoms with Crippen molar-refractivity contribution in [2.24, 2.45) is 4.99 Å². The number of hydrogen-bond donors (Lipinski definition) is 1. The molecule has 1 N–H and O–H groups in total. The molecular weight excluding hydrogens is 452 g/mol. The standard InChI is InChI=1S/C25H34N4O4S/c1-19-17-22(33-4)12-13-23(19)34(31,32)29(3)16-6-5-7-24(30)28(2)18-20-8-10-21(11-9-20)25-26-14-15-27-25/h8-13,17H,5-7,14-16,18H2,1-4H3,(H,26,27). The molecule has 0 saturated heterocycles. The Morgan fingerprint density at radius 1 is 1.12 bits per heavy atom. The fourth-order valence-corrected chi connectivity index (χ4v) is 5.26. The number of ether oxygens (including phenoxy) is 1. The van der Waals surface area contributed by atoms with Crippen LogP contribution in [0.1, 0.15) is 36.0 Å². The first-order valence-electron chi connectivity index (χ1n) is 11.4. The van der Waals surface area contributed by atoms with Crippen molar-refractivity contribution < 1.29 is 17.9 Å². The Balaban J connectivity index is 1.44. The van der Waals surface area contributed by atoms with E-state index in [9.17, 15) is 13.2 Å². The summed E-state index contributed by atoms with van der Waals surface area (Å²) in [6.45, 7) is 4.31. The fourth-order valence-electron chi connectivity index (χ4n) is 3.85. The summed E-state index contributed by atoms with van der Waals surface area (Å²) >= 11 is 0. The van der Waals surface area contributed by atoms with E-state index in [1.807, 2.05) is 24.3 Å². The number of sulfonamides is 1. The smallest absolute Gasteiger partial charge is 0.243 e. The number of carbonyl (C=O) groups excluding carboxylic acids is 1. The van der Waals surface area contributed by atoms with Crippen molar-refractivity contribution in [3.8, 4) is 5.75 Å². The Morgan fingerprint density at radius 3 is 2.47 bits per heavy atom. The van der Waals surface area contributed by atoms with Gasteiger partial charge in [0.05, 0.1) is 18.6 Å². The van der Waals surface area contributed by atoms with Gasteiger partial charge < -0.3 is 15.0 Å². The van der Waals surface area contributed by atoms with Crippen molar-refractivity contribution in [1.29, 1.82) is 0 Å². The van der Waals surface area contributed by atoms with Gasteiger partial charge in [-0.1, -0.05) is 24.3 Å². The van der Waals surface area contributed by atoms with Gasteiger partial charge in [-0.15, -0.1) is 0 Å². The molecule has 184 valence electrons. The minimum absolute atomic E-state index is 0.0439. The van der Waals surface area contributed by atoms with E-state index in [0.29, 0.717) is 43.7 Å². The summed E-state index contributed by atoms with van der Waals surface area (Å²) in [4.78, 5) is 18.9. The largest absolute Gasteiger partial charge is 0.497 e. The van der Waals surface area contributed by atoms with Gasteiger partial charge in [0, 0.05) is 45.7 Å². The Kier molecular flexibility index (Phi) is 8.68. The first kappa shape index (κ1) is 25.7. The van der Waals surface area contributed by atoms with Gasteiger partial charge in [-0.2, -0.15) is 0 Å².